The molecule has 0 aliphatic rings. The van der Waals surface area contributed by atoms with Gasteiger partial charge >= 0.3 is 0 Å². The van der Waals surface area contributed by atoms with Crippen molar-refractivity contribution in [1.29, 1.82) is 0 Å². The fourth-order valence-electron chi connectivity index (χ4n) is 3.67. The third kappa shape index (κ3) is 21.6. The largest absolute Gasteiger partial charge is 0.390 e. The Bertz CT molecular complexity index is 693. The average molecular weight is 564 g/mol. The number of aliphatic hydroxyl groups is 4. The number of amides is 3. The van der Waals surface area contributed by atoms with Gasteiger partial charge in [0, 0.05) is 20.2 Å². The highest BCUT2D eigenvalue weighted by atomic mass is 16.5. The lowest BCUT2D eigenvalue weighted by atomic mass is 9.99. The van der Waals surface area contributed by atoms with E-state index in [9.17, 15) is 34.8 Å². The summed E-state index contributed by atoms with van der Waals surface area (Å²) in [4.78, 5) is 37.3. The monoisotopic (exact) mass is 563 g/mol. The van der Waals surface area contributed by atoms with Crippen molar-refractivity contribution in [3.05, 3.63) is 0 Å². The maximum Gasteiger partial charge on any atom is 0.249 e. The Morgan fingerprint density at radius 3 is 1.77 bits per heavy atom. The van der Waals surface area contributed by atoms with Crippen LogP contribution in [-0.4, -0.2) is 108 Å². The van der Waals surface area contributed by atoms with E-state index in [1.807, 2.05) is 0 Å². The first-order valence-electron chi connectivity index (χ1n) is 13.9. The van der Waals surface area contributed by atoms with E-state index in [0.717, 1.165) is 0 Å². The zero-order valence-corrected chi connectivity index (χ0v) is 24.5. The number of ether oxygens (including phenoxy) is 2. The Morgan fingerprint density at radius 1 is 0.692 bits per heavy atom. The van der Waals surface area contributed by atoms with Gasteiger partial charge in [-0.05, 0) is 85.5 Å². The van der Waals surface area contributed by atoms with Crippen molar-refractivity contribution in [2.75, 3.05) is 40.0 Å². The molecule has 0 rings (SSSR count). The molecule has 12 heteroatoms. The molecule has 12 nitrogen and oxygen atoms in total. The summed E-state index contributed by atoms with van der Waals surface area (Å²) in [5.74, 6) is -1.56. The molecular formula is C27H53N3O9. The second kappa shape index (κ2) is 20.1. The molecule has 0 radical (unpaired) electrons. The zero-order chi connectivity index (χ0) is 29.9. The third-order valence-electron chi connectivity index (χ3n) is 5.97. The summed E-state index contributed by atoms with van der Waals surface area (Å²) in [5, 5.41) is 47.7. The van der Waals surface area contributed by atoms with Crippen LogP contribution in [0.1, 0.15) is 85.5 Å². The van der Waals surface area contributed by atoms with Gasteiger partial charge in [0.2, 0.25) is 17.7 Å². The van der Waals surface area contributed by atoms with E-state index in [1.165, 1.54) is 0 Å². The number of carbonyl (C=O) groups excluding carboxylic acids is 3. The molecule has 0 bridgehead atoms. The molecule has 39 heavy (non-hydrogen) atoms. The van der Waals surface area contributed by atoms with Crippen LogP contribution in [0.5, 0.6) is 0 Å². The molecule has 7 N–H and O–H groups in total. The molecule has 0 saturated heterocycles. The second-order valence-electron chi connectivity index (χ2n) is 11.2. The number of rotatable bonds is 23. The Labute approximate surface area is 233 Å². The smallest absolute Gasteiger partial charge is 0.249 e. The molecule has 0 spiro atoms. The van der Waals surface area contributed by atoms with Crippen LogP contribution in [0.4, 0.5) is 0 Å². The third-order valence-corrected chi connectivity index (χ3v) is 5.97. The van der Waals surface area contributed by atoms with E-state index in [1.54, 1.807) is 34.8 Å². The summed E-state index contributed by atoms with van der Waals surface area (Å²) in [7, 11) is 1.56. The van der Waals surface area contributed by atoms with E-state index in [-0.39, 0.29) is 39.0 Å². The van der Waals surface area contributed by atoms with Crippen LogP contribution < -0.4 is 16.0 Å². The fraction of sp³-hybridized carbons (Fsp3) is 0.889. The lowest BCUT2D eigenvalue weighted by Gasteiger charge is -2.21. The van der Waals surface area contributed by atoms with Gasteiger partial charge in [-0.2, -0.15) is 0 Å². The second-order valence-corrected chi connectivity index (χ2v) is 11.2. The molecule has 0 aromatic carbocycles. The Morgan fingerprint density at radius 2 is 1.23 bits per heavy atom. The van der Waals surface area contributed by atoms with Crippen molar-refractivity contribution in [2.45, 2.75) is 115 Å². The molecule has 3 unspecified atom stereocenters. The van der Waals surface area contributed by atoms with Gasteiger partial charge < -0.3 is 45.9 Å². The Hall–Kier alpha value is -1.83. The van der Waals surface area contributed by atoms with Crippen LogP contribution in [0.15, 0.2) is 0 Å². The highest BCUT2D eigenvalue weighted by Crippen LogP contribution is 2.14. The summed E-state index contributed by atoms with van der Waals surface area (Å²) in [5.41, 5.74) is -1.75. The topological polar surface area (TPSA) is 187 Å². The number of methoxy groups -OCH3 is 1. The van der Waals surface area contributed by atoms with E-state index < -0.39 is 47.2 Å². The first kappa shape index (κ1) is 37.2. The van der Waals surface area contributed by atoms with Gasteiger partial charge in [-0.15, -0.1) is 0 Å². The number of aliphatic hydroxyl groups excluding tert-OH is 2. The Kier molecular flexibility index (Phi) is 19.2. The molecule has 0 saturated carbocycles. The van der Waals surface area contributed by atoms with Crippen molar-refractivity contribution in [2.24, 2.45) is 0 Å². The highest BCUT2D eigenvalue weighted by Gasteiger charge is 2.25. The van der Waals surface area contributed by atoms with Crippen LogP contribution >= 0.6 is 0 Å². The predicted molar refractivity (Wildman–Crippen MR) is 147 cm³/mol. The number of unbranched alkanes of at least 4 members (excludes halogenated alkanes) is 1. The molecule has 0 heterocycles. The maximum absolute atomic E-state index is 12.7. The summed E-state index contributed by atoms with van der Waals surface area (Å²) in [6.07, 6.45) is 1.06. The van der Waals surface area contributed by atoms with Crippen LogP contribution in [-0.2, 0) is 23.9 Å². The fourth-order valence-corrected chi connectivity index (χ4v) is 3.67. The Balaban J connectivity index is 4.66. The van der Waals surface area contributed by atoms with Gasteiger partial charge in [0.05, 0.1) is 31.0 Å². The highest BCUT2D eigenvalue weighted by molar-refractivity contribution is 5.89. The number of nitrogens with one attached hydrogen (secondary N) is 3. The summed E-state index contributed by atoms with van der Waals surface area (Å²) < 4.78 is 10.2. The molecule has 3 atom stereocenters. The standard InChI is InChI=1S/C27H53N3O9/c1-26(2,36)13-8-11-21(31)24(34)28-15-7-6-10-20(23(33)29-16-17-39-19-18-38-5)30-25(35)22(32)12-9-14-27(3,4)37/h20-22,31-32,36-37H,6-19H2,1-5H3,(H,28,34)(H,29,33)(H,30,35). The lowest BCUT2D eigenvalue weighted by molar-refractivity contribution is -0.134. The van der Waals surface area contributed by atoms with Crippen LogP contribution in [0, 0.1) is 0 Å². The van der Waals surface area contributed by atoms with Crippen molar-refractivity contribution in [3.63, 3.8) is 0 Å². The zero-order valence-electron chi connectivity index (χ0n) is 24.5. The van der Waals surface area contributed by atoms with E-state index in [2.05, 4.69) is 16.0 Å². The van der Waals surface area contributed by atoms with Gasteiger partial charge in [-0.1, -0.05) is 0 Å². The normalized spacial score (nSPS) is 14.4. The van der Waals surface area contributed by atoms with Gasteiger partial charge in [0.1, 0.15) is 18.2 Å². The van der Waals surface area contributed by atoms with Gasteiger partial charge in [-0.3, -0.25) is 14.4 Å². The number of hydrogen-bond donors (Lipinski definition) is 7. The molecule has 0 aromatic rings. The summed E-state index contributed by atoms with van der Waals surface area (Å²) in [6.45, 7) is 8.28. The van der Waals surface area contributed by atoms with Crippen LogP contribution in [0.2, 0.25) is 0 Å². The number of hydrogen-bond acceptors (Lipinski definition) is 9. The van der Waals surface area contributed by atoms with Crippen molar-refractivity contribution < 1.29 is 44.3 Å². The minimum absolute atomic E-state index is 0.154. The molecule has 0 aliphatic carbocycles. The maximum atomic E-state index is 12.7. The lowest BCUT2D eigenvalue weighted by Crippen LogP contribution is -2.50. The molecule has 230 valence electrons. The average Bonchev–Trinajstić information content (AvgIpc) is 2.83. The van der Waals surface area contributed by atoms with Gasteiger partial charge in [-0.25, -0.2) is 0 Å². The van der Waals surface area contributed by atoms with Crippen molar-refractivity contribution in [3.8, 4) is 0 Å². The minimum atomic E-state index is -1.31. The van der Waals surface area contributed by atoms with Crippen LogP contribution in [0.3, 0.4) is 0 Å². The van der Waals surface area contributed by atoms with Crippen molar-refractivity contribution >= 4 is 17.7 Å². The van der Waals surface area contributed by atoms with E-state index in [0.29, 0.717) is 51.7 Å². The van der Waals surface area contributed by atoms with Gasteiger partial charge in [0.15, 0.2) is 0 Å². The predicted octanol–water partition coefficient (Wildman–Crippen LogP) is 0.141. The molecular weight excluding hydrogens is 510 g/mol. The molecule has 0 aliphatic heterocycles. The van der Waals surface area contributed by atoms with Crippen molar-refractivity contribution in [1.82, 2.24) is 16.0 Å². The molecule has 3 amide bonds. The number of carbonyl (C=O) groups is 3. The summed E-state index contributed by atoms with van der Waals surface area (Å²) in [6, 6.07) is -0.886. The quantitative estimate of drug-likeness (QED) is 0.0849. The first-order chi connectivity index (χ1) is 18.2. The SMILES string of the molecule is COCCOCCNC(=O)C(CCCCNC(=O)C(O)CCCC(C)(C)O)NC(=O)C(O)CCCC(C)(C)O. The minimum Gasteiger partial charge on any atom is -0.390 e. The van der Waals surface area contributed by atoms with Gasteiger partial charge in [0.25, 0.3) is 0 Å². The van der Waals surface area contributed by atoms with E-state index >= 15 is 0 Å². The summed E-state index contributed by atoms with van der Waals surface area (Å²) >= 11 is 0. The molecule has 0 aromatic heterocycles. The first-order valence-corrected chi connectivity index (χ1v) is 13.9. The molecule has 0 fully saturated rings. The van der Waals surface area contributed by atoms with E-state index in [4.69, 9.17) is 9.47 Å². The van der Waals surface area contributed by atoms with Crippen LogP contribution in [0.25, 0.3) is 0 Å².